The number of hydrogen-bond donors (Lipinski definition) is 2. The summed E-state index contributed by atoms with van der Waals surface area (Å²) in [5.74, 6) is 0.522. The summed E-state index contributed by atoms with van der Waals surface area (Å²) >= 11 is 0. The van der Waals surface area contributed by atoms with Crippen molar-refractivity contribution >= 4 is 5.69 Å². The predicted molar refractivity (Wildman–Crippen MR) is 57.2 cm³/mol. The molecule has 0 fully saturated rings. The molecule has 84 valence electrons. The van der Waals surface area contributed by atoms with E-state index in [-0.39, 0.29) is 13.2 Å². The molecule has 0 saturated carbocycles. The van der Waals surface area contributed by atoms with Crippen LogP contribution in [-0.4, -0.2) is 48.6 Å². The van der Waals surface area contributed by atoms with Gasteiger partial charge in [0.25, 0.3) is 0 Å². The molecule has 0 saturated heterocycles. The second-order valence-electron chi connectivity index (χ2n) is 2.99. The van der Waals surface area contributed by atoms with Crippen molar-refractivity contribution in [2.24, 2.45) is 0 Å². The van der Waals surface area contributed by atoms with Crippen molar-refractivity contribution in [3.05, 3.63) is 18.3 Å². The molecule has 0 aromatic carbocycles. The van der Waals surface area contributed by atoms with Crippen LogP contribution in [0.25, 0.3) is 0 Å². The van der Waals surface area contributed by atoms with Gasteiger partial charge in [0.2, 0.25) is 5.88 Å². The van der Waals surface area contributed by atoms with Gasteiger partial charge in [0.1, 0.15) is 0 Å². The molecule has 0 spiro atoms. The second-order valence-corrected chi connectivity index (χ2v) is 2.99. The van der Waals surface area contributed by atoms with Crippen molar-refractivity contribution < 1.29 is 14.9 Å². The maximum Gasteiger partial charge on any atom is 0.214 e. The van der Waals surface area contributed by atoms with Gasteiger partial charge in [0.05, 0.1) is 20.3 Å². The number of methoxy groups -OCH3 is 1. The van der Waals surface area contributed by atoms with Crippen LogP contribution in [0.5, 0.6) is 5.88 Å². The molecule has 1 aromatic heterocycles. The predicted octanol–water partition coefficient (Wildman–Crippen LogP) is -0.119. The molecule has 0 aliphatic rings. The summed E-state index contributed by atoms with van der Waals surface area (Å²) < 4.78 is 5.00. The lowest BCUT2D eigenvalue weighted by molar-refractivity contribution is 0.281. The normalized spacial score (nSPS) is 10.1. The summed E-state index contributed by atoms with van der Waals surface area (Å²) in [6.45, 7) is 1.05. The Morgan fingerprint density at radius 1 is 1.33 bits per heavy atom. The van der Waals surface area contributed by atoms with E-state index in [1.165, 1.54) is 0 Å². The quantitative estimate of drug-likeness (QED) is 0.688. The van der Waals surface area contributed by atoms with Crippen LogP contribution in [0.1, 0.15) is 0 Å². The van der Waals surface area contributed by atoms with Crippen molar-refractivity contribution in [3.8, 4) is 5.88 Å². The fraction of sp³-hybridized carbons (Fsp3) is 0.500. The van der Waals surface area contributed by atoms with E-state index >= 15 is 0 Å². The Morgan fingerprint density at radius 2 is 2.00 bits per heavy atom. The highest BCUT2D eigenvalue weighted by molar-refractivity contribution is 5.48. The topological polar surface area (TPSA) is 65.8 Å². The zero-order chi connectivity index (χ0) is 11.1. The van der Waals surface area contributed by atoms with Crippen LogP contribution < -0.4 is 9.64 Å². The smallest absolute Gasteiger partial charge is 0.214 e. The van der Waals surface area contributed by atoms with Crippen molar-refractivity contribution in [1.82, 2.24) is 4.98 Å². The molecule has 15 heavy (non-hydrogen) atoms. The van der Waals surface area contributed by atoms with E-state index in [4.69, 9.17) is 14.9 Å². The van der Waals surface area contributed by atoms with Gasteiger partial charge in [-0.1, -0.05) is 0 Å². The lowest BCUT2D eigenvalue weighted by Crippen LogP contribution is -2.29. The third-order valence-corrected chi connectivity index (χ3v) is 2.03. The van der Waals surface area contributed by atoms with E-state index in [1.54, 1.807) is 19.4 Å². The number of nitrogens with zero attached hydrogens (tertiary/aromatic N) is 2. The minimum absolute atomic E-state index is 0.0463. The molecule has 0 bridgehead atoms. The molecule has 1 rings (SSSR count). The first kappa shape index (κ1) is 11.7. The lowest BCUT2D eigenvalue weighted by Gasteiger charge is -2.22. The Labute approximate surface area is 88.9 Å². The zero-order valence-electron chi connectivity index (χ0n) is 8.76. The summed E-state index contributed by atoms with van der Waals surface area (Å²) in [5.41, 5.74) is 0.880. The van der Waals surface area contributed by atoms with E-state index in [0.717, 1.165) is 5.69 Å². The fourth-order valence-electron chi connectivity index (χ4n) is 1.32. The molecule has 0 radical (unpaired) electrons. The van der Waals surface area contributed by atoms with Gasteiger partial charge in [0, 0.05) is 31.0 Å². The summed E-state index contributed by atoms with van der Waals surface area (Å²) in [5, 5.41) is 17.8. The van der Waals surface area contributed by atoms with Crippen LogP contribution in [0.4, 0.5) is 5.69 Å². The molecule has 0 aliphatic carbocycles. The van der Waals surface area contributed by atoms with Gasteiger partial charge >= 0.3 is 0 Å². The Kier molecular flexibility index (Phi) is 4.86. The highest BCUT2D eigenvalue weighted by Crippen LogP contribution is 2.17. The number of anilines is 1. The van der Waals surface area contributed by atoms with Crippen molar-refractivity contribution in [2.75, 3.05) is 38.3 Å². The number of aliphatic hydroxyl groups is 2. The fourth-order valence-corrected chi connectivity index (χ4v) is 1.32. The second kappa shape index (κ2) is 6.21. The maximum atomic E-state index is 8.88. The van der Waals surface area contributed by atoms with E-state index in [9.17, 15) is 0 Å². The van der Waals surface area contributed by atoms with Crippen LogP contribution in [0, 0.1) is 0 Å². The number of aliphatic hydroxyl groups excluding tert-OH is 2. The standard InChI is InChI=1S/C10H16N2O3/c1-15-10-8-9(2-3-11-10)12(4-6-13)5-7-14/h2-3,8,13-14H,4-7H2,1H3. The van der Waals surface area contributed by atoms with Crippen molar-refractivity contribution in [3.63, 3.8) is 0 Å². The molecule has 0 unspecified atom stereocenters. The molecule has 1 heterocycles. The average molecular weight is 212 g/mol. The van der Waals surface area contributed by atoms with E-state index in [0.29, 0.717) is 19.0 Å². The molecule has 0 amide bonds. The first-order valence-electron chi connectivity index (χ1n) is 4.78. The molecular weight excluding hydrogens is 196 g/mol. The van der Waals surface area contributed by atoms with Crippen LogP contribution in [0.2, 0.25) is 0 Å². The summed E-state index contributed by atoms with van der Waals surface area (Å²) in [6.07, 6.45) is 1.63. The van der Waals surface area contributed by atoms with Crippen molar-refractivity contribution in [2.45, 2.75) is 0 Å². The zero-order valence-corrected chi connectivity index (χ0v) is 8.76. The molecule has 5 nitrogen and oxygen atoms in total. The van der Waals surface area contributed by atoms with Gasteiger partial charge in [-0.05, 0) is 6.07 Å². The number of rotatable bonds is 6. The van der Waals surface area contributed by atoms with Crippen LogP contribution >= 0.6 is 0 Å². The largest absolute Gasteiger partial charge is 0.481 e. The molecule has 0 atom stereocenters. The van der Waals surface area contributed by atoms with Crippen LogP contribution in [0.15, 0.2) is 18.3 Å². The molecule has 0 aliphatic heterocycles. The summed E-state index contributed by atoms with van der Waals surface area (Å²) in [4.78, 5) is 5.85. The van der Waals surface area contributed by atoms with E-state index in [1.807, 2.05) is 11.0 Å². The van der Waals surface area contributed by atoms with Crippen LogP contribution in [0.3, 0.4) is 0 Å². The van der Waals surface area contributed by atoms with Gasteiger partial charge < -0.3 is 19.8 Å². The van der Waals surface area contributed by atoms with Crippen LogP contribution in [-0.2, 0) is 0 Å². The molecule has 5 heteroatoms. The maximum absolute atomic E-state index is 8.88. The van der Waals surface area contributed by atoms with Gasteiger partial charge in [0.15, 0.2) is 0 Å². The Hall–Kier alpha value is -1.33. The molecular formula is C10H16N2O3. The number of ether oxygens (including phenoxy) is 1. The minimum Gasteiger partial charge on any atom is -0.481 e. The van der Waals surface area contributed by atoms with Gasteiger partial charge in [-0.2, -0.15) is 0 Å². The Balaban J connectivity index is 2.79. The highest BCUT2D eigenvalue weighted by Gasteiger charge is 2.06. The molecule has 2 N–H and O–H groups in total. The third kappa shape index (κ3) is 3.38. The van der Waals surface area contributed by atoms with E-state index in [2.05, 4.69) is 4.98 Å². The lowest BCUT2D eigenvalue weighted by atomic mass is 10.3. The highest BCUT2D eigenvalue weighted by atomic mass is 16.5. The third-order valence-electron chi connectivity index (χ3n) is 2.03. The first-order valence-corrected chi connectivity index (χ1v) is 4.78. The summed E-state index contributed by atoms with van der Waals surface area (Å²) in [7, 11) is 1.55. The van der Waals surface area contributed by atoms with E-state index < -0.39 is 0 Å². The Morgan fingerprint density at radius 3 is 2.53 bits per heavy atom. The van der Waals surface area contributed by atoms with Gasteiger partial charge in [-0.15, -0.1) is 0 Å². The van der Waals surface area contributed by atoms with Gasteiger partial charge in [-0.25, -0.2) is 4.98 Å². The summed E-state index contributed by atoms with van der Waals surface area (Å²) in [6, 6.07) is 3.58. The SMILES string of the molecule is COc1cc(N(CCO)CCO)ccn1. The molecule has 1 aromatic rings. The number of aromatic nitrogens is 1. The minimum atomic E-state index is 0.0463. The Bertz CT molecular complexity index is 288. The number of pyridine rings is 1. The number of hydrogen-bond acceptors (Lipinski definition) is 5. The van der Waals surface area contributed by atoms with Crippen molar-refractivity contribution in [1.29, 1.82) is 0 Å². The average Bonchev–Trinajstić information content (AvgIpc) is 2.29. The monoisotopic (exact) mass is 212 g/mol. The van der Waals surface area contributed by atoms with Gasteiger partial charge in [-0.3, -0.25) is 0 Å². The first-order chi connectivity index (χ1) is 7.31.